The molecule has 1 atom stereocenters. The third kappa shape index (κ3) is 2.48. The monoisotopic (exact) mass is 271 g/mol. The van der Waals surface area contributed by atoms with E-state index in [1.54, 1.807) is 18.0 Å². The van der Waals surface area contributed by atoms with Crippen molar-refractivity contribution in [3.63, 3.8) is 0 Å². The predicted octanol–water partition coefficient (Wildman–Crippen LogP) is 2.36. The minimum absolute atomic E-state index is 0.557. The van der Waals surface area contributed by atoms with E-state index in [0.717, 1.165) is 22.9 Å². The fraction of sp³-hybridized carbons (Fsp3) is 0.333. The van der Waals surface area contributed by atoms with E-state index in [9.17, 15) is 0 Å². The van der Waals surface area contributed by atoms with Crippen LogP contribution in [0.3, 0.4) is 0 Å². The maximum atomic E-state index is 4.38. The van der Waals surface area contributed by atoms with Gasteiger partial charge in [0.15, 0.2) is 5.17 Å². The fourth-order valence-electron chi connectivity index (χ4n) is 1.11. The number of halogens is 1. The third-order valence-corrected chi connectivity index (χ3v) is 4.10. The van der Waals surface area contributed by atoms with Crippen molar-refractivity contribution in [1.29, 1.82) is 0 Å². The molecule has 0 unspecified atom stereocenters. The van der Waals surface area contributed by atoms with Gasteiger partial charge in [-0.2, -0.15) is 0 Å². The molecule has 0 aliphatic carbocycles. The lowest BCUT2D eigenvalue weighted by Crippen LogP contribution is -2.08. The number of nitrogens with one attached hydrogen (secondary N) is 1. The van der Waals surface area contributed by atoms with Crippen molar-refractivity contribution in [1.82, 2.24) is 4.98 Å². The highest BCUT2D eigenvalue weighted by atomic mass is 79.9. The van der Waals surface area contributed by atoms with E-state index in [2.05, 4.69) is 31.2 Å². The Morgan fingerprint density at radius 1 is 1.57 bits per heavy atom. The second-order valence-corrected chi connectivity index (χ2v) is 4.82. The SMILES string of the molecule is BrC[C@@H]1CN=C(Nc2ccccn2)S1. The summed E-state index contributed by atoms with van der Waals surface area (Å²) >= 11 is 5.21. The van der Waals surface area contributed by atoms with Gasteiger partial charge in [0, 0.05) is 16.8 Å². The zero-order valence-corrected chi connectivity index (χ0v) is 9.88. The second-order valence-electron chi connectivity index (χ2n) is 2.88. The first-order valence-electron chi connectivity index (χ1n) is 4.33. The Labute approximate surface area is 95.5 Å². The van der Waals surface area contributed by atoms with Gasteiger partial charge in [-0.25, -0.2) is 4.98 Å². The molecule has 1 aliphatic rings. The number of aliphatic imine (C=N–C) groups is 1. The molecule has 1 N–H and O–H groups in total. The van der Waals surface area contributed by atoms with Gasteiger partial charge >= 0.3 is 0 Å². The van der Waals surface area contributed by atoms with Crippen LogP contribution in [0.5, 0.6) is 0 Å². The van der Waals surface area contributed by atoms with Crippen LogP contribution in [0.2, 0.25) is 0 Å². The molecule has 0 amide bonds. The number of pyridine rings is 1. The Bertz CT molecular complexity index is 328. The first-order valence-corrected chi connectivity index (χ1v) is 6.34. The van der Waals surface area contributed by atoms with E-state index in [0.29, 0.717) is 5.25 Å². The number of rotatable bonds is 2. The highest BCUT2D eigenvalue weighted by Gasteiger charge is 2.18. The second kappa shape index (κ2) is 4.79. The molecule has 0 fully saturated rings. The summed E-state index contributed by atoms with van der Waals surface area (Å²) in [5, 5.41) is 5.69. The number of amidine groups is 1. The molecule has 14 heavy (non-hydrogen) atoms. The Morgan fingerprint density at radius 2 is 2.50 bits per heavy atom. The minimum atomic E-state index is 0.557. The number of hydrogen-bond acceptors (Lipinski definition) is 4. The molecular weight excluding hydrogens is 262 g/mol. The first-order chi connectivity index (χ1) is 6.88. The number of hydrogen-bond donors (Lipinski definition) is 1. The summed E-state index contributed by atoms with van der Waals surface area (Å²) in [4.78, 5) is 8.56. The molecule has 0 aromatic carbocycles. The lowest BCUT2D eigenvalue weighted by molar-refractivity contribution is 0.993. The molecule has 1 aromatic rings. The molecule has 2 heterocycles. The third-order valence-electron chi connectivity index (χ3n) is 1.79. The fourth-order valence-corrected chi connectivity index (χ4v) is 2.55. The molecule has 0 saturated heterocycles. The Hall–Kier alpha value is -0.550. The van der Waals surface area contributed by atoms with Gasteiger partial charge in [0.05, 0.1) is 6.54 Å². The van der Waals surface area contributed by atoms with Crippen LogP contribution < -0.4 is 5.32 Å². The van der Waals surface area contributed by atoms with Gasteiger partial charge < -0.3 is 5.32 Å². The average molecular weight is 272 g/mol. The van der Waals surface area contributed by atoms with Crippen molar-refractivity contribution in [2.45, 2.75) is 5.25 Å². The van der Waals surface area contributed by atoms with Gasteiger partial charge in [-0.15, -0.1) is 0 Å². The number of anilines is 1. The summed E-state index contributed by atoms with van der Waals surface area (Å²) in [5.74, 6) is 0.856. The molecule has 0 bridgehead atoms. The molecule has 5 heteroatoms. The summed E-state index contributed by atoms with van der Waals surface area (Å²) in [5.41, 5.74) is 0. The van der Waals surface area contributed by atoms with Gasteiger partial charge in [-0.1, -0.05) is 33.8 Å². The highest BCUT2D eigenvalue weighted by Crippen LogP contribution is 2.23. The number of aromatic nitrogens is 1. The van der Waals surface area contributed by atoms with Crippen molar-refractivity contribution in [2.24, 2.45) is 4.99 Å². The van der Waals surface area contributed by atoms with E-state index in [1.165, 1.54) is 0 Å². The zero-order valence-electron chi connectivity index (χ0n) is 7.48. The molecular formula is C9H10BrN3S. The number of nitrogens with zero attached hydrogens (tertiary/aromatic N) is 2. The first kappa shape index (κ1) is 9.98. The van der Waals surface area contributed by atoms with Crippen molar-refractivity contribution >= 4 is 38.7 Å². The van der Waals surface area contributed by atoms with Crippen LogP contribution in [0, 0.1) is 0 Å². The van der Waals surface area contributed by atoms with E-state index in [4.69, 9.17) is 0 Å². The summed E-state index contributed by atoms with van der Waals surface area (Å²) in [6, 6.07) is 5.79. The normalized spacial score (nSPS) is 20.6. The molecule has 2 rings (SSSR count). The van der Waals surface area contributed by atoms with Gasteiger partial charge in [0.2, 0.25) is 0 Å². The maximum absolute atomic E-state index is 4.38. The van der Waals surface area contributed by atoms with E-state index >= 15 is 0 Å². The van der Waals surface area contributed by atoms with Crippen LogP contribution in [0.15, 0.2) is 29.4 Å². The topological polar surface area (TPSA) is 37.3 Å². The lowest BCUT2D eigenvalue weighted by Gasteiger charge is -2.04. The molecule has 3 nitrogen and oxygen atoms in total. The Balaban J connectivity index is 1.94. The Kier molecular flexibility index (Phi) is 3.42. The minimum Gasteiger partial charge on any atom is -0.320 e. The van der Waals surface area contributed by atoms with E-state index < -0.39 is 0 Å². The van der Waals surface area contributed by atoms with Gasteiger partial charge in [-0.3, -0.25) is 4.99 Å². The quantitative estimate of drug-likeness (QED) is 0.840. The van der Waals surface area contributed by atoms with Gasteiger partial charge in [-0.05, 0) is 12.1 Å². The van der Waals surface area contributed by atoms with Crippen molar-refractivity contribution in [3.8, 4) is 0 Å². The van der Waals surface area contributed by atoms with Crippen LogP contribution in [-0.2, 0) is 0 Å². The smallest absolute Gasteiger partial charge is 0.162 e. The predicted molar refractivity (Wildman–Crippen MR) is 65.3 cm³/mol. The summed E-state index contributed by atoms with van der Waals surface area (Å²) in [6.45, 7) is 0.880. The molecule has 0 radical (unpaired) electrons. The number of thioether (sulfide) groups is 1. The van der Waals surface area contributed by atoms with Crippen LogP contribution >= 0.6 is 27.7 Å². The molecule has 74 valence electrons. The highest BCUT2D eigenvalue weighted by molar-refractivity contribution is 9.09. The van der Waals surface area contributed by atoms with Gasteiger partial charge in [0.25, 0.3) is 0 Å². The van der Waals surface area contributed by atoms with Crippen molar-refractivity contribution in [3.05, 3.63) is 24.4 Å². The van der Waals surface area contributed by atoms with Crippen LogP contribution in [0.4, 0.5) is 5.82 Å². The zero-order chi connectivity index (χ0) is 9.80. The molecule has 1 aliphatic heterocycles. The number of alkyl halides is 1. The largest absolute Gasteiger partial charge is 0.320 e. The van der Waals surface area contributed by atoms with Gasteiger partial charge in [0.1, 0.15) is 5.82 Å². The Morgan fingerprint density at radius 3 is 3.14 bits per heavy atom. The summed E-state index contributed by atoms with van der Waals surface area (Å²) in [6.07, 6.45) is 1.77. The van der Waals surface area contributed by atoms with E-state index in [-0.39, 0.29) is 0 Å². The standard InChI is InChI=1S/C9H10BrN3S/c10-5-7-6-12-9(14-7)13-8-3-1-2-4-11-8/h1-4,7H,5-6H2,(H,11,12,13)/t7-/m1/s1. The average Bonchev–Trinajstić information content (AvgIpc) is 2.67. The molecule has 1 aromatic heterocycles. The molecule has 0 saturated carbocycles. The van der Waals surface area contributed by atoms with Crippen LogP contribution in [0.1, 0.15) is 0 Å². The maximum Gasteiger partial charge on any atom is 0.162 e. The van der Waals surface area contributed by atoms with Crippen molar-refractivity contribution < 1.29 is 0 Å². The molecule has 0 spiro atoms. The summed E-state index contributed by atoms with van der Waals surface area (Å²) in [7, 11) is 0. The van der Waals surface area contributed by atoms with E-state index in [1.807, 2.05) is 18.2 Å². The van der Waals surface area contributed by atoms with Crippen molar-refractivity contribution in [2.75, 3.05) is 17.2 Å². The summed E-state index contributed by atoms with van der Waals surface area (Å²) < 4.78 is 0. The lowest BCUT2D eigenvalue weighted by atomic mass is 10.5. The van der Waals surface area contributed by atoms with Crippen LogP contribution in [-0.4, -0.2) is 27.3 Å². The van der Waals surface area contributed by atoms with Crippen LogP contribution in [0.25, 0.3) is 0 Å².